The molecule has 0 unspecified atom stereocenters. The summed E-state index contributed by atoms with van der Waals surface area (Å²) in [4.78, 5) is 13.4. The Balaban J connectivity index is 1.15. The van der Waals surface area contributed by atoms with Crippen molar-refractivity contribution in [3.05, 3.63) is 0 Å². The van der Waals surface area contributed by atoms with Gasteiger partial charge in [-0.2, -0.15) is 0 Å². The first kappa shape index (κ1) is 35.1. The predicted molar refractivity (Wildman–Crippen MR) is 165 cm³/mol. The molecule has 0 bridgehead atoms. The van der Waals surface area contributed by atoms with Gasteiger partial charge in [-0.3, -0.25) is 4.79 Å². The fourth-order valence-electron chi connectivity index (χ4n) is 12.0. The molecule has 16 atom stereocenters. The van der Waals surface area contributed by atoms with Crippen LogP contribution in [-0.2, 0) is 14.3 Å². The summed E-state index contributed by atoms with van der Waals surface area (Å²) in [5, 5.41) is 83.1. The standard InChI is InChI=1S/C35H58O11/c1-18(25(39)13-35(44,17-37)31(2,3)43)20-5-7-22-23-8-6-21-19(15-45-30-29(42)28(41)27(40)26(14-36)46-30)24(38)9-10-33(21)16-34(23,33)12-11-32(20,22)4/h18-23,25-30,36-37,39-44H,5-17H2,1-4H3/t18-,19-,20+,21-,22-,23-,25+,26+,27+,28-,29+,30+,32+,33+,34-,35-/m0/s1. The molecule has 0 aromatic heterocycles. The third-order valence-electron chi connectivity index (χ3n) is 15.0. The summed E-state index contributed by atoms with van der Waals surface area (Å²) >= 11 is 0. The molecule has 1 aliphatic heterocycles. The van der Waals surface area contributed by atoms with Crippen LogP contribution in [0.2, 0.25) is 0 Å². The first-order valence-corrected chi connectivity index (χ1v) is 17.7. The summed E-state index contributed by atoms with van der Waals surface area (Å²) in [5.41, 5.74) is -3.04. The molecule has 11 heteroatoms. The van der Waals surface area contributed by atoms with Crippen molar-refractivity contribution in [2.24, 2.45) is 51.8 Å². The van der Waals surface area contributed by atoms with Crippen LogP contribution in [-0.4, -0.2) is 114 Å². The summed E-state index contributed by atoms with van der Waals surface area (Å²) in [5.74, 6) is 1.22. The molecule has 5 saturated carbocycles. The second-order valence-corrected chi connectivity index (χ2v) is 17.1. The Bertz CT molecular complexity index is 1140. The van der Waals surface area contributed by atoms with E-state index in [0.29, 0.717) is 18.3 Å². The van der Waals surface area contributed by atoms with Crippen LogP contribution in [0.1, 0.15) is 91.9 Å². The summed E-state index contributed by atoms with van der Waals surface area (Å²) in [7, 11) is 0. The van der Waals surface area contributed by atoms with Gasteiger partial charge < -0.3 is 50.3 Å². The van der Waals surface area contributed by atoms with Crippen LogP contribution in [0.15, 0.2) is 0 Å². The van der Waals surface area contributed by atoms with Crippen LogP contribution >= 0.6 is 0 Å². The highest BCUT2D eigenvalue weighted by atomic mass is 16.7. The van der Waals surface area contributed by atoms with E-state index in [0.717, 1.165) is 51.4 Å². The molecular weight excluding hydrogens is 596 g/mol. The zero-order chi connectivity index (χ0) is 33.6. The van der Waals surface area contributed by atoms with Gasteiger partial charge in [0.1, 0.15) is 35.8 Å². The van der Waals surface area contributed by atoms with Crippen LogP contribution in [0.25, 0.3) is 0 Å². The molecule has 11 nitrogen and oxygen atoms in total. The maximum absolute atomic E-state index is 13.4. The minimum absolute atomic E-state index is 0.0368. The van der Waals surface area contributed by atoms with Crippen molar-refractivity contribution in [3.8, 4) is 0 Å². The zero-order valence-electron chi connectivity index (χ0n) is 27.9. The summed E-state index contributed by atoms with van der Waals surface area (Å²) in [6, 6.07) is 0. The summed E-state index contributed by atoms with van der Waals surface area (Å²) in [6.07, 6.45) is 0.925. The van der Waals surface area contributed by atoms with E-state index in [1.54, 1.807) is 0 Å². The number of rotatable bonds is 10. The van der Waals surface area contributed by atoms with Gasteiger partial charge in [-0.15, -0.1) is 0 Å². The lowest BCUT2D eigenvalue weighted by Crippen LogP contribution is -2.59. The van der Waals surface area contributed by atoms with Crippen molar-refractivity contribution in [2.75, 3.05) is 19.8 Å². The van der Waals surface area contributed by atoms with Crippen molar-refractivity contribution in [3.63, 3.8) is 0 Å². The highest BCUT2D eigenvalue weighted by Gasteiger charge is 2.79. The zero-order valence-corrected chi connectivity index (χ0v) is 27.9. The predicted octanol–water partition coefficient (Wildman–Crippen LogP) is 0.892. The Morgan fingerprint density at radius 1 is 0.935 bits per heavy atom. The lowest BCUT2D eigenvalue weighted by molar-refractivity contribution is -0.304. The number of ketones is 1. The number of fused-ring (bicyclic) bond motifs is 2. The van der Waals surface area contributed by atoms with Gasteiger partial charge in [-0.25, -0.2) is 0 Å². The van der Waals surface area contributed by atoms with Gasteiger partial charge in [0.15, 0.2) is 6.29 Å². The second kappa shape index (κ2) is 12.0. The van der Waals surface area contributed by atoms with Crippen LogP contribution in [0, 0.1) is 51.8 Å². The quantitative estimate of drug-likeness (QED) is 0.167. The third-order valence-corrected chi connectivity index (χ3v) is 15.0. The maximum Gasteiger partial charge on any atom is 0.186 e. The van der Waals surface area contributed by atoms with Gasteiger partial charge in [-0.1, -0.05) is 13.8 Å². The van der Waals surface area contributed by atoms with E-state index in [1.807, 2.05) is 0 Å². The van der Waals surface area contributed by atoms with E-state index in [9.17, 15) is 45.6 Å². The minimum Gasteiger partial charge on any atom is -0.394 e. The molecule has 5 aliphatic carbocycles. The fourth-order valence-corrected chi connectivity index (χ4v) is 12.0. The van der Waals surface area contributed by atoms with Crippen molar-refractivity contribution in [1.82, 2.24) is 0 Å². The van der Waals surface area contributed by atoms with Crippen LogP contribution in [0.4, 0.5) is 0 Å². The van der Waals surface area contributed by atoms with Crippen molar-refractivity contribution in [1.29, 1.82) is 0 Å². The van der Waals surface area contributed by atoms with Crippen molar-refractivity contribution >= 4 is 5.78 Å². The molecule has 8 N–H and O–H groups in total. The Hall–Kier alpha value is -0.730. The molecule has 0 radical (unpaired) electrons. The summed E-state index contributed by atoms with van der Waals surface area (Å²) in [6.45, 7) is 6.27. The molecule has 6 aliphatic rings. The monoisotopic (exact) mass is 654 g/mol. The Kier molecular flexibility index (Phi) is 9.12. The number of ether oxygens (including phenoxy) is 2. The average Bonchev–Trinajstić information content (AvgIpc) is 3.56. The first-order valence-electron chi connectivity index (χ1n) is 17.7. The van der Waals surface area contributed by atoms with E-state index in [1.165, 1.54) is 13.8 Å². The lowest BCUT2D eigenvalue weighted by atomic mass is 9.48. The van der Waals surface area contributed by atoms with Gasteiger partial charge in [0.25, 0.3) is 0 Å². The first-order chi connectivity index (χ1) is 21.5. The van der Waals surface area contributed by atoms with E-state index < -0.39 is 61.2 Å². The van der Waals surface area contributed by atoms with Crippen molar-refractivity contribution < 1.29 is 55.1 Å². The number of hydrogen-bond donors (Lipinski definition) is 8. The maximum atomic E-state index is 13.4. The number of aliphatic hydroxyl groups is 8. The topological polar surface area (TPSA) is 197 Å². The number of carbonyl (C=O) groups is 1. The number of carbonyl (C=O) groups excluding carboxylic acids is 1. The normalized spacial score (nSPS) is 49.6. The van der Waals surface area contributed by atoms with E-state index in [4.69, 9.17) is 9.47 Å². The molecule has 0 amide bonds. The molecule has 0 aromatic carbocycles. The van der Waals surface area contributed by atoms with E-state index >= 15 is 0 Å². The Morgan fingerprint density at radius 2 is 1.59 bits per heavy atom. The number of hydrogen-bond acceptors (Lipinski definition) is 11. The SMILES string of the molecule is C[C@H]([C@H](O)C[C@](O)(CO)C(C)(C)O)[C@H]1CC[C@H]2[C@@H]3CC[C@H]4[C@H](CO[C@@H]5O[C@H](CO)[C@@H](O)[C@H](O)[C@H]5O)C(=O)CC[C@@]45C[C@@]35CC[C@]12C. The summed E-state index contributed by atoms with van der Waals surface area (Å²) < 4.78 is 11.5. The molecule has 1 heterocycles. The number of Topliss-reactive ketones (excluding diaryl/α,β-unsaturated/α-hetero) is 1. The minimum atomic E-state index is -1.80. The fraction of sp³-hybridized carbons (Fsp3) is 0.971. The average molecular weight is 655 g/mol. The van der Waals surface area contributed by atoms with E-state index in [2.05, 4.69) is 13.8 Å². The smallest absolute Gasteiger partial charge is 0.186 e. The molecule has 1 saturated heterocycles. The lowest BCUT2D eigenvalue weighted by Gasteiger charge is -2.57. The largest absolute Gasteiger partial charge is 0.394 e. The molecule has 46 heavy (non-hydrogen) atoms. The highest BCUT2D eigenvalue weighted by molar-refractivity contribution is 5.83. The Labute approximate surface area is 272 Å². The second-order valence-electron chi connectivity index (χ2n) is 17.1. The van der Waals surface area contributed by atoms with Crippen LogP contribution in [0.5, 0.6) is 0 Å². The highest BCUT2D eigenvalue weighted by Crippen LogP contribution is 2.85. The van der Waals surface area contributed by atoms with Crippen LogP contribution in [0.3, 0.4) is 0 Å². The van der Waals surface area contributed by atoms with Gasteiger partial charge in [-0.05, 0) is 111 Å². The molecule has 0 aromatic rings. The molecular formula is C35H58O11. The molecule has 2 spiro atoms. The van der Waals surface area contributed by atoms with Gasteiger partial charge >= 0.3 is 0 Å². The van der Waals surface area contributed by atoms with Crippen LogP contribution < -0.4 is 0 Å². The Morgan fingerprint density at radius 3 is 2.24 bits per heavy atom. The third kappa shape index (κ3) is 5.09. The van der Waals surface area contributed by atoms with Crippen molar-refractivity contribution in [2.45, 2.75) is 140 Å². The van der Waals surface area contributed by atoms with Gasteiger partial charge in [0.2, 0.25) is 0 Å². The van der Waals surface area contributed by atoms with E-state index in [-0.39, 0.29) is 58.7 Å². The molecule has 6 rings (SSSR count). The molecule has 6 fully saturated rings. The molecule has 264 valence electrons. The van der Waals surface area contributed by atoms with Gasteiger partial charge in [0.05, 0.1) is 31.5 Å². The van der Waals surface area contributed by atoms with Gasteiger partial charge in [0, 0.05) is 18.8 Å². The number of aliphatic hydroxyl groups excluding tert-OH is 6.